The number of nitrogens with zero attached hydrogens (tertiary/aromatic N) is 1. The van der Waals surface area contributed by atoms with Gasteiger partial charge in [0.1, 0.15) is 11.6 Å². The standard InChI is InChI=1S/C15H12ClFN2O3/c1-2-22-15(21)9-6-7-18-12(8-9)19-14(20)13-10(16)4-3-5-11(13)17/h3-8H,2H2,1H3,(H,18,19,20). The highest BCUT2D eigenvalue weighted by Gasteiger charge is 2.17. The van der Waals surface area contributed by atoms with E-state index in [1.807, 2.05) is 0 Å². The lowest BCUT2D eigenvalue weighted by Gasteiger charge is -2.08. The molecule has 2 rings (SSSR count). The molecule has 1 aromatic carbocycles. The van der Waals surface area contributed by atoms with E-state index in [1.54, 1.807) is 6.92 Å². The second-order valence-corrected chi connectivity index (χ2v) is 4.61. The third-order valence-electron chi connectivity index (χ3n) is 2.70. The highest BCUT2D eigenvalue weighted by Crippen LogP contribution is 2.20. The maximum absolute atomic E-state index is 13.7. The van der Waals surface area contributed by atoms with Crippen molar-refractivity contribution in [3.63, 3.8) is 0 Å². The molecule has 1 heterocycles. The molecule has 0 saturated heterocycles. The van der Waals surface area contributed by atoms with Crippen LogP contribution in [0.3, 0.4) is 0 Å². The Balaban J connectivity index is 2.22. The number of rotatable bonds is 4. The Labute approximate surface area is 131 Å². The summed E-state index contributed by atoms with van der Waals surface area (Å²) in [5.41, 5.74) is -0.0562. The monoisotopic (exact) mass is 322 g/mol. The minimum absolute atomic E-state index is 0.0148. The zero-order chi connectivity index (χ0) is 16.1. The Morgan fingerprint density at radius 3 is 2.82 bits per heavy atom. The molecule has 22 heavy (non-hydrogen) atoms. The van der Waals surface area contributed by atoms with Gasteiger partial charge in [-0.2, -0.15) is 0 Å². The molecule has 7 heteroatoms. The van der Waals surface area contributed by atoms with Gasteiger partial charge in [0.05, 0.1) is 22.8 Å². The van der Waals surface area contributed by atoms with E-state index in [0.29, 0.717) is 0 Å². The molecular weight excluding hydrogens is 311 g/mol. The molecule has 5 nitrogen and oxygen atoms in total. The number of amides is 1. The van der Waals surface area contributed by atoms with E-state index in [9.17, 15) is 14.0 Å². The number of anilines is 1. The maximum Gasteiger partial charge on any atom is 0.338 e. The Bertz CT molecular complexity index is 701. The van der Waals surface area contributed by atoms with Crippen molar-refractivity contribution in [3.05, 3.63) is 58.5 Å². The minimum atomic E-state index is -0.753. The fraction of sp³-hybridized carbons (Fsp3) is 0.133. The third kappa shape index (κ3) is 3.59. The van der Waals surface area contributed by atoms with E-state index in [-0.39, 0.29) is 28.6 Å². The molecule has 0 fully saturated rings. The average molecular weight is 323 g/mol. The molecule has 0 atom stereocenters. The van der Waals surface area contributed by atoms with Gasteiger partial charge in [0.25, 0.3) is 5.91 Å². The van der Waals surface area contributed by atoms with Gasteiger partial charge in [-0.3, -0.25) is 4.79 Å². The first-order valence-corrected chi connectivity index (χ1v) is 6.79. The van der Waals surface area contributed by atoms with Crippen LogP contribution < -0.4 is 5.32 Å². The number of benzene rings is 1. The number of carbonyl (C=O) groups excluding carboxylic acids is 2. The molecule has 0 spiro atoms. The molecule has 0 unspecified atom stereocenters. The van der Waals surface area contributed by atoms with E-state index in [0.717, 1.165) is 6.07 Å². The van der Waals surface area contributed by atoms with Gasteiger partial charge in [-0.1, -0.05) is 17.7 Å². The van der Waals surface area contributed by atoms with Crippen molar-refractivity contribution in [2.24, 2.45) is 0 Å². The molecular formula is C15H12ClFN2O3. The van der Waals surface area contributed by atoms with Crippen molar-refractivity contribution in [1.82, 2.24) is 4.98 Å². The molecule has 0 saturated carbocycles. The predicted octanol–water partition coefficient (Wildman–Crippen LogP) is 3.30. The molecule has 1 aromatic heterocycles. The first-order valence-electron chi connectivity index (χ1n) is 6.41. The smallest absolute Gasteiger partial charge is 0.338 e. The van der Waals surface area contributed by atoms with Crippen LogP contribution in [-0.2, 0) is 4.74 Å². The number of hydrogen-bond donors (Lipinski definition) is 1. The second-order valence-electron chi connectivity index (χ2n) is 4.20. The number of ether oxygens (including phenoxy) is 1. The van der Waals surface area contributed by atoms with E-state index in [4.69, 9.17) is 16.3 Å². The largest absolute Gasteiger partial charge is 0.462 e. The molecule has 114 valence electrons. The van der Waals surface area contributed by atoms with Crippen LogP contribution in [0.5, 0.6) is 0 Å². The van der Waals surface area contributed by atoms with Crippen molar-refractivity contribution in [2.45, 2.75) is 6.92 Å². The Morgan fingerprint density at radius 2 is 2.14 bits per heavy atom. The second kappa shape index (κ2) is 7.00. The molecule has 1 N–H and O–H groups in total. The van der Waals surface area contributed by atoms with Crippen LogP contribution in [0.25, 0.3) is 0 Å². The number of aromatic nitrogens is 1. The first-order chi connectivity index (χ1) is 10.5. The van der Waals surface area contributed by atoms with E-state index < -0.39 is 17.7 Å². The van der Waals surface area contributed by atoms with Gasteiger partial charge in [0.2, 0.25) is 0 Å². The fourth-order valence-corrected chi connectivity index (χ4v) is 1.98. The Morgan fingerprint density at radius 1 is 1.36 bits per heavy atom. The fourth-order valence-electron chi connectivity index (χ4n) is 1.73. The molecule has 0 bridgehead atoms. The summed E-state index contributed by atoms with van der Waals surface area (Å²) in [5, 5.41) is 2.38. The van der Waals surface area contributed by atoms with Crippen LogP contribution in [0.4, 0.5) is 10.2 Å². The van der Waals surface area contributed by atoms with Crippen molar-refractivity contribution in [2.75, 3.05) is 11.9 Å². The van der Waals surface area contributed by atoms with Gasteiger partial charge in [0, 0.05) is 6.20 Å². The Hall–Kier alpha value is -2.47. The predicted molar refractivity (Wildman–Crippen MR) is 79.6 cm³/mol. The summed E-state index contributed by atoms with van der Waals surface area (Å²) in [6.07, 6.45) is 1.34. The number of nitrogens with one attached hydrogen (secondary N) is 1. The molecule has 2 aromatic rings. The molecule has 0 aliphatic carbocycles. The summed E-state index contributed by atoms with van der Waals surface area (Å²) >= 11 is 5.82. The van der Waals surface area contributed by atoms with Crippen LogP contribution >= 0.6 is 11.6 Å². The average Bonchev–Trinajstić information content (AvgIpc) is 2.47. The van der Waals surface area contributed by atoms with Gasteiger partial charge >= 0.3 is 5.97 Å². The van der Waals surface area contributed by atoms with Crippen molar-refractivity contribution < 1.29 is 18.7 Å². The van der Waals surface area contributed by atoms with Crippen LogP contribution in [0.1, 0.15) is 27.6 Å². The van der Waals surface area contributed by atoms with Gasteiger partial charge in [0.15, 0.2) is 0 Å². The topological polar surface area (TPSA) is 68.3 Å². The molecule has 1 amide bonds. The van der Waals surface area contributed by atoms with Crippen LogP contribution in [0, 0.1) is 5.82 Å². The number of halogens is 2. The van der Waals surface area contributed by atoms with Gasteiger partial charge in [-0.05, 0) is 31.2 Å². The van der Waals surface area contributed by atoms with Gasteiger partial charge in [-0.25, -0.2) is 14.2 Å². The number of esters is 1. The maximum atomic E-state index is 13.7. The van der Waals surface area contributed by atoms with Crippen molar-refractivity contribution in [3.8, 4) is 0 Å². The number of pyridine rings is 1. The molecule has 0 aliphatic rings. The van der Waals surface area contributed by atoms with Gasteiger partial charge < -0.3 is 10.1 Å². The summed E-state index contributed by atoms with van der Waals surface area (Å²) < 4.78 is 18.5. The summed E-state index contributed by atoms with van der Waals surface area (Å²) in [6.45, 7) is 1.91. The Kier molecular flexibility index (Phi) is 5.06. The van der Waals surface area contributed by atoms with Crippen LogP contribution in [-0.4, -0.2) is 23.5 Å². The normalized spacial score (nSPS) is 10.1. The zero-order valence-corrected chi connectivity index (χ0v) is 12.4. The minimum Gasteiger partial charge on any atom is -0.462 e. The first kappa shape index (κ1) is 15.9. The summed E-state index contributed by atoms with van der Waals surface area (Å²) in [6, 6.07) is 6.72. The SMILES string of the molecule is CCOC(=O)c1ccnc(NC(=O)c2c(F)cccc2Cl)c1. The third-order valence-corrected chi connectivity index (χ3v) is 3.02. The lowest BCUT2D eigenvalue weighted by Crippen LogP contribution is -2.16. The number of hydrogen-bond acceptors (Lipinski definition) is 4. The molecule has 0 aliphatic heterocycles. The van der Waals surface area contributed by atoms with E-state index >= 15 is 0 Å². The van der Waals surface area contributed by atoms with E-state index in [1.165, 1.54) is 30.5 Å². The lowest BCUT2D eigenvalue weighted by atomic mass is 10.2. The lowest BCUT2D eigenvalue weighted by molar-refractivity contribution is 0.0526. The quantitative estimate of drug-likeness (QED) is 0.877. The highest BCUT2D eigenvalue weighted by atomic mass is 35.5. The van der Waals surface area contributed by atoms with Crippen LogP contribution in [0.15, 0.2) is 36.5 Å². The molecule has 0 radical (unpaired) electrons. The number of carbonyl (C=O) groups is 2. The van der Waals surface area contributed by atoms with Crippen LogP contribution in [0.2, 0.25) is 5.02 Å². The summed E-state index contributed by atoms with van der Waals surface area (Å²) in [7, 11) is 0. The highest BCUT2D eigenvalue weighted by molar-refractivity contribution is 6.34. The van der Waals surface area contributed by atoms with Crippen molar-refractivity contribution in [1.29, 1.82) is 0 Å². The zero-order valence-electron chi connectivity index (χ0n) is 11.6. The van der Waals surface area contributed by atoms with E-state index in [2.05, 4.69) is 10.3 Å². The van der Waals surface area contributed by atoms with Crippen molar-refractivity contribution >= 4 is 29.3 Å². The summed E-state index contributed by atoms with van der Waals surface area (Å²) in [4.78, 5) is 27.6. The summed E-state index contributed by atoms with van der Waals surface area (Å²) in [5.74, 6) is -1.94. The van der Waals surface area contributed by atoms with Gasteiger partial charge in [-0.15, -0.1) is 0 Å².